The van der Waals surface area contributed by atoms with E-state index in [0.717, 1.165) is 0 Å². The summed E-state index contributed by atoms with van der Waals surface area (Å²) in [5, 5.41) is 24.5. The van der Waals surface area contributed by atoms with Gasteiger partial charge in [0.25, 0.3) is 0 Å². The number of anilines is 2. The highest BCUT2D eigenvalue weighted by Crippen LogP contribution is 2.47. The van der Waals surface area contributed by atoms with Crippen molar-refractivity contribution in [2.24, 2.45) is 0 Å². The summed E-state index contributed by atoms with van der Waals surface area (Å²) in [4.78, 5) is 23.9. The Bertz CT molecular complexity index is 1300. The van der Waals surface area contributed by atoms with Crippen molar-refractivity contribution in [3.8, 4) is 5.75 Å². The molecule has 15 heteroatoms. The third kappa shape index (κ3) is 5.05. The quantitative estimate of drug-likeness (QED) is 0.247. The Morgan fingerprint density at radius 2 is 2.03 bits per heavy atom. The molecule has 3 aromatic rings. The predicted octanol–water partition coefficient (Wildman–Crippen LogP) is 0.771. The van der Waals surface area contributed by atoms with E-state index in [0.29, 0.717) is 0 Å². The average Bonchev–Trinajstić information content (AvgIpc) is 3.31. The summed E-state index contributed by atoms with van der Waals surface area (Å²) in [5.41, 5.74) is 10.1. The number of imidazole rings is 1. The maximum Gasteiger partial charge on any atom is 0.459 e. The molecular weight excluding hydrogens is 493 g/mol. The molecule has 0 saturated carbocycles. The van der Waals surface area contributed by atoms with Gasteiger partial charge in [0.1, 0.15) is 34.9 Å². The number of hydrogen-bond donors (Lipinski definition) is 5. The van der Waals surface area contributed by atoms with Crippen molar-refractivity contribution >= 4 is 36.5 Å². The number of benzene rings is 1. The highest BCUT2D eigenvalue weighted by molar-refractivity contribution is 7.52. The van der Waals surface area contributed by atoms with Gasteiger partial charge in [-0.25, -0.2) is 14.6 Å². The van der Waals surface area contributed by atoms with Crippen molar-refractivity contribution in [3.05, 3.63) is 36.7 Å². The Balaban J connectivity index is 1.57. The van der Waals surface area contributed by atoms with E-state index < -0.39 is 44.4 Å². The molecule has 0 bridgehead atoms. The molecule has 1 saturated heterocycles. The second-order valence-corrected chi connectivity index (χ2v) is 10.3. The number of ether oxygens (including phenoxy) is 1. The van der Waals surface area contributed by atoms with Gasteiger partial charge in [0.05, 0.1) is 19.0 Å². The van der Waals surface area contributed by atoms with Crippen LogP contribution < -0.4 is 21.1 Å². The molecule has 0 amide bonds. The van der Waals surface area contributed by atoms with Crippen molar-refractivity contribution in [2.45, 2.75) is 50.8 Å². The van der Waals surface area contributed by atoms with Crippen LogP contribution in [0.1, 0.15) is 27.0 Å². The zero-order valence-corrected chi connectivity index (χ0v) is 20.7. The Morgan fingerprint density at radius 3 is 2.69 bits per heavy atom. The summed E-state index contributed by atoms with van der Waals surface area (Å²) >= 11 is 0. The molecule has 4 rings (SSSR count). The minimum Gasteiger partial charge on any atom is -0.413 e. The van der Waals surface area contributed by atoms with Crippen LogP contribution in [0, 0.1) is 0 Å². The first-order valence-electron chi connectivity index (χ1n) is 11.0. The molecule has 1 aliphatic rings. The summed E-state index contributed by atoms with van der Waals surface area (Å²) in [6.45, 7) is 3.74. The number of nitrogen functional groups attached to an aromatic ring is 2. The van der Waals surface area contributed by atoms with Gasteiger partial charge in [-0.15, -0.1) is 0 Å². The van der Waals surface area contributed by atoms with Crippen LogP contribution in [-0.4, -0.2) is 66.0 Å². The highest BCUT2D eigenvalue weighted by Gasteiger charge is 2.54. The topological polar surface area (TPSA) is 210 Å². The number of aliphatic hydroxyl groups is 2. The van der Waals surface area contributed by atoms with E-state index >= 15 is 0 Å². The number of nitrogens with two attached hydrogens (primary N) is 2. The van der Waals surface area contributed by atoms with Crippen LogP contribution in [0.25, 0.3) is 11.2 Å². The largest absolute Gasteiger partial charge is 0.459 e. The summed E-state index contributed by atoms with van der Waals surface area (Å²) in [6.07, 6.45) is -2.49. The van der Waals surface area contributed by atoms with E-state index in [4.69, 9.17) is 25.3 Å². The molecule has 2 unspecified atom stereocenters. The molecule has 2 aromatic heterocycles. The number of nitrogens with zero attached hydrogens (tertiary/aromatic N) is 4. The van der Waals surface area contributed by atoms with Gasteiger partial charge in [-0.3, -0.25) is 13.9 Å². The normalized spacial score (nSPS) is 26.5. The van der Waals surface area contributed by atoms with E-state index in [1.54, 1.807) is 30.3 Å². The predicted molar refractivity (Wildman–Crippen MR) is 129 cm³/mol. The number of carbonyl (C=O) groups excluding carboxylic acids is 1. The molecular formula is C21H28N7O7P. The third-order valence-electron chi connectivity index (χ3n) is 5.81. The highest BCUT2D eigenvalue weighted by atomic mass is 31.2. The van der Waals surface area contributed by atoms with Crippen LogP contribution >= 0.6 is 7.75 Å². The summed E-state index contributed by atoms with van der Waals surface area (Å²) < 4.78 is 31.9. The van der Waals surface area contributed by atoms with Crippen LogP contribution in [-0.2, 0) is 18.6 Å². The third-order valence-corrected chi connectivity index (χ3v) is 7.46. The van der Waals surface area contributed by atoms with Gasteiger partial charge in [0.15, 0.2) is 17.7 Å². The molecule has 1 aromatic carbocycles. The second kappa shape index (κ2) is 9.73. The number of Topliss-reactive ketones (excluding diaryl/α,β-unsaturated/α-hetero) is 1. The van der Waals surface area contributed by atoms with Gasteiger partial charge >= 0.3 is 7.75 Å². The number of aromatic nitrogens is 4. The molecule has 6 atom stereocenters. The Kier molecular flexibility index (Phi) is 7.01. The van der Waals surface area contributed by atoms with E-state index in [1.807, 2.05) is 0 Å². The number of carbonyl (C=O) groups is 1. The molecule has 194 valence electrons. The van der Waals surface area contributed by atoms with Crippen molar-refractivity contribution < 1.29 is 33.4 Å². The first kappa shape index (κ1) is 25.9. The zero-order chi connectivity index (χ0) is 26.3. The second-order valence-electron chi connectivity index (χ2n) is 8.65. The van der Waals surface area contributed by atoms with Crippen LogP contribution in [0.4, 0.5) is 11.8 Å². The maximum absolute atomic E-state index is 13.5. The van der Waals surface area contributed by atoms with Crippen LogP contribution in [0.3, 0.4) is 0 Å². The van der Waals surface area contributed by atoms with Crippen LogP contribution in [0.15, 0.2) is 36.7 Å². The Hall–Kier alpha value is -3.13. The molecule has 1 aliphatic heterocycles. The molecule has 36 heavy (non-hydrogen) atoms. The van der Waals surface area contributed by atoms with Gasteiger partial charge in [0, 0.05) is 0 Å². The summed E-state index contributed by atoms with van der Waals surface area (Å²) in [5.74, 6) is -0.117. The fourth-order valence-electron chi connectivity index (χ4n) is 3.72. The minimum absolute atomic E-state index is 0.0407. The molecule has 0 radical (unpaired) electrons. The molecule has 7 N–H and O–H groups in total. The monoisotopic (exact) mass is 521 g/mol. The number of para-hydroxylation sites is 1. The standard InChI is InChI=1S/C21H28N7O7P/c1-11(12(2)29)27-36(32,35-13-7-5-4-6-8-13)33-9-14-16(30)21(3,31)19(34-14)28-10-24-15-17(22)25-20(23)26-18(15)28/h4-8,10-11,14,16,19,30-31H,9H2,1-3H3,(H,27,32)(H4,22,23,25,26)/t11-,14+,16-,19+,21?,36?/m0/s1. The number of aliphatic hydroxyl groups excluding tert-OH is 1. The lowest BCUT2D eigenvalue weighted by Crippen LogP contribution is -2.44. The maximum atomic E-state index is 13.5. The van der Waals surface area contributed by atoms with E-state index in [9.17, 15) is 19.6 Å². The lowest BCUT2D eigenvalue weighted by molar-refractivity contribution is -0.118. The minimum atomic E-state index is -4.12. The Morgan fingerprint density at radius 1 is 1.33 bits per heavy atom. The van der Waals surface area contributed by atoms with Crippen LogP contribution in [0.5, 0.6) is 5.75 Å². The lowest BCUT2D eigenvalue weighted by atomic mass is 9.96. The van der Waals surface area contributed by atoms with Crippen LogP contribution in [0.2, 0.25) is 0 Å². The lowest BCUT2D eigenvalue weighted by Gasteiger charge is -2.27. The van der Waals surface area contributed by atoms with Gasteiger partial charge in [-0.1, -0.05) is 18.2 Å². The number of ketones is 1. The Labute approximate surface area is 206 Å². The smallest absolute Gasteiger partial charge is 0.413 e. The van der Waals surface area contributed by atoms with E-state index in [-0.39, 0.29) is 34.5 Å². The molecule has 14 nitrogen and oxygen atoms in total. The van der Waals surface area contributed by atoms with E-state index in [1.165, 1.54) is 31.7 Å². The van der Waals surface area contributed by atoms with Gasteiger partial charge in [-0.2, -0.15) is 9.97 Å². The first-order chi connectivity index (χ1) is 16.9. The van der Waals surface area contributed by atoms with Gasteiger partial charge in [0.2, 0.25) is 5.95 Å². The van der Waals surface area contributed by atoms with Gasteiger partial charge in [-0.05, 0) is 32.9 Å². The van der Waals surface area contributed by atoms with Crippen molar-refractivity contribution in [1.29, 1.82) is 0 Å². The summed E-state index contributed by atoms with van der Waals surface area (Å²) in [7, 11) is -4.12. The molecule has 0 aliphatic carbocycles. The fraction of sp³-hybridized carbons (Fsp3) is 0.429. The number of hydrogen-bond acceptors (Lipinski definition) is 12. The average molecular weight is 521 g/mol. The first-order valence-corrected chi connectivity index (χ1v) is 12.5. The van der Waals surface area contributed by atoms with Crippen molar-refractivity contribution in [2.75, 3.05) is 18.1 Å². The summed E-state index contributed by atoms with van der Waals surface area (Å²) in [6, 6.07) is 7.40. The number of fused-ring (bicyclic) bond motifs is 1. The van der Waals surface area contributed by atoms with Gasteiger partial charge < -0.3 is 30.9 Å². The van der Waals surface area contributed by atoms with E-state index in [2.05, 4.69) is 20.0 Å². The number of rotatable bonds is 9. The SMILES string of the molecule is CC(=O)[C@H](C)NP(=O)(OC[C@H]1O[C@@H](n2cnc3c(N)nc(N)nc32)C(C)(O)[C@H]1O)Oc1ccccc1. The molecule has 0 spiro atoms. The number of nitrogens with one attached hydrogen (secondary N) is 1. The molecule has 3 heterocycles. The van der Waals surface area contributed by atoms with Crippen molar-refractivity contribution in [1.82, 2.24) is 24.6 Å². The molecule has 1 fully saturated rings. The fourth-order valence-corrected chi connectivity index (χ4v) is 5.29. The van der Waals surface area contributed by atoms with Crippen molar-refractivity contribution in [3.63, 3.8) is 0 Å². The zero-order valence-electron chi connectivity index (χ0n) is 19.8.